The molecule has 26 heavy (non-hydrogen) atoms. The van der Waals surface area contributed by atoms with E-state index in [1.165, 1.54) is 13.3 Å². The quantitative estimate of drug-likeness (QED) is 0.395. The van der Waals surface area contributed by atoms with Gasteiger partial charge in [-0.2, -0.15) is 5.10 Å². The molecule has 0 saturated heterocycles. The van der Waals surface area contributed by atoms with Crippen LogP contribution in [0.4, 0.5) is 5.69 Å². The van der Waals surface area contributed by atoms with Crippen molar-refractivity contribution in [2.75, 3.05) is 19.0 Å². The summed E-state index contributed by atoms with van der Waals surface area (Å²) >= 11 is 0. The molecule has 136 valence electrons. The number of ether oxygens (including phenoxy) is 2. The van der Waals surface area contributed by atoms with E-state index >= 15 is 0 Å². The van der Waals surface area contributed by atoms with Crippen LogP contribution < -0.4 is 26.3 Å². The van der Waals surface area contributed by atoms with Crippen molar-refractivity contribution < 1.29 is 14.3 Å². The number of methoxy groups -OCH3 is 1. The van der Waals surface area contributed by atoms with Crippen molar-refractivity contribution >= 4 is 23.8 Å². The molecular weight excluding hydrogens is 334 g/mol. The van der Waals surface area contributed by atoms with Gasteiger partial charge in [-0.15, -0.1) is 5.10 Å². The molecule has 0 fully saturated rings. The number of carbonyl (C=O) groups excluding carboxylic acids is 1. The van der Waals surface area contributed by atoms with Crippen molar-refractivity contribution in [3.63, 3.8) is 0 Å². The SMILES string of the molecule is COc1cc(/C=N/N=C(N)N)ccc1OCC(=O)Nc1ccc(C)cc1. The molecule has 0 bridgehead atoms. The summed E-state index contributed by atoms with van der Waals surface area (Å²) in [5.74, 6) is 0.495. The smallest absolute Gasteiger partial charge is 0.262 e. The average Bonchev–Trinajstić information content (AvgIpc) is 2.62. The van der Waals surface area contributed by atoms with Crippen LogP contribution in [0.1, 0.15) is 11.1 Å². The van der Waals surface area contributed by atoms with Crippen LogP contribution in [-0.4, -0.2) is 31.8 Å². The molecule has 2 aromatic rings. The third kappa shape index (κ3) is 5.82. The molecule has 0 spiro atoms. The van der Waals surface area contributed by atoms with Crippen LogP contribution in [0.15, 0.2) is 52.7 Å². The van der Waals surface area contributed by atoms with E-state index in [4.69, 9.17) is 20.9 Å². The second kappa shape index (κ2) is 9.07. The van der Waals surface area contributed by atoms with Gasteiger partial charge >= 0.3 is 0 Å². The summed E-state index contributed by atoms with van der Waals surface area (Å²) in [5.41, 5.74) is 12.9. The minimum absolute atomic E-state index is 0.132. The summed E-state index contributed by atoms with van der Waals surface area (Å²) in [6.45, 7) is 1.83. The number of hydrogen-bond acceptors (Lipinski definition) is 5. The Morgan fingerprint density at radius 2 is 1.88 bits per heavy atom. The van der Waals surface area contributed by atoms with Gasteiger partial charge in [0.15, 0.2) is 18.1 Å². The van der Waals surface area contributed by atoms with Crippen molar-refractivity contribution in [3.05, 3.63) is 53.6 Å². The molecule has 1 amide bonds. The van der Waals surface area contributed by atoms with Crippen LogP contribution in [-0.2, 0) is 4.79 Å². The number of benzene rings is 2. The van der Waals surface area contributed by atoms with E-state index in [0.29, 0.717) is 22.7 Å². The number of anilines is 1. The predicted molar refractivity (Wildman–Crippen MR) is 102 cm³/mol. The predicted octanol–water partition coefficient (Wildman–Crippen LogP) is 1.63. The molecule has 0 atom stereocenters. The first kappa shape index (κ1) is 18.8. The van der Waals surface area contributed by atoms with E-state index in [1.807, 2.05) is 31.2 Å². The molecule has 2 aromatic carbocycles. The van der Waals surface area contributed by atoms with E-state index in [9.17, 15) is 4.79 Å². The fourth-order valence-electron chi connectivity index (χ4n) is 2.02. The summed E-state index contributed by atoms with van der Waals surface area (Å²) in [6.07, 6.45) is 1.47. The summed E-state index contributed by atoms with van der Waals surface area (Å²) in [7, 11) is 1.51. The Bertz CT molecular complexity index is 812. The highest BCUT2D eigenvalue weighted by molar-refractivity contribution is 5.92. The highest BCUT2D eigenvalue weighted by atomic mass is 16.5. The van der Waals surface area contributed by atoms with Gasteiger partial charge in [0.2, 0.25) is 5.96 Å². The first-order chi connectivity index (χ1) is 12.5. The zero-order chi connectivity index (χ0) is 18.9. The molecule has 2 rings (SSSR count). The number of guanidine groups is 1. The molecule has 0 saturated carbocycles. The van der Waals surface area contributed by atoms with Crippen molar-refractivity contribution in [1.82, 2.24) is 0 Å². The maximum Gasteiger partial charge on any atom is 0.262 e. The van der Waals surface area contributed by atoms with Crippen LogP contribution in [0.5, 0.6) is 11.5 Å². The first-order valence-corrected chi connectivity index (χ1v) is 7.77. The summed E-state index contributed by atoms with van der Waals surface area (Å²) in [6, 6.07) is 12.6. The zero-order valence-corrected chi connectivity index (χ0v) is 14.6. The normalized spacial score (nSPS) is 10.4. The maximum atomic E-state index is 12.0. The number of nitrogens with one attached hydrogen (secondary N) is 1. The van der Waals surface area contributed by atoms with Gasteiger partial charge in [-0.25, -0.2) is 0 Å². The highest BCUT2D eigenvalue weighted by Crippen LogP contribution is 2.27. The molecule has 0 aromatic heterocycles. The first-order valence-electron chi connectivity index (χ1n) is 7.77. The lowest BCUT2D eigenvalue weighted by atomic mass is 10.2. The largest absolute Gasteiger partial charge is 0.493 e. The minimum Gasteiger partial charge on any atom is -0.493 e. The Hall–Kier alpha value is -3.55. The lowest BCUT2D eigenvalue weighted by Gasteiger charge is -2.11. The number of hydrogen-bond donors (Lipinski definition) is 3. The van der Waals surface area contributed by atoms with Crippen LogP contribution in [0.25, 0.3) is 0 Å². The Kier molecular flexibility index (Phi) is 6.55. The van der Waals surface area contributed by atoms with E-state index in [0.717, 1.165) is 5.56 Å². The van der Waals surface area contributed by atoms with E-state index in [1.54, 1.807) is 18.2 Å². The Morgan fingerprint density at radius 3 is 2.54 bits per heavy atom. The number of rotatable bonds is 7. The van der Waals surface area contributed by atoms with Gasteiger partial charge < -0.3 is 26.3 Å². The van der Waals surface area contributed by atoms with Gasteiger partial charge in [0.25, 0.3) is 5.91 Å². The number of aryl methyl sites for hydroxylation is 1. The Balaban J connectivity index is 1.97. The van der Waals surface area contributed by atoms with Gasteiger partial charge in [0.1, 0.15) is 0 Å². The summed E-state index contributed by atoms with van der Waals surface area (Å²) < 4.78 is 10.8. The molecule has 5 N–H and O–H groups in total. The molecular formula is C18H21N5O3. The van der Waals surface area contributed by atoms with E-state index in [-0.39, 0.29) is 18.5 Å². The zero-order valence-electron chi connectivity index (χ0n) is 14.6. The molecule has 0 aliphatic heterocycles. The van der Waals surface area contributed by atoms with Crippen LogP contribution in [0.3, 0.4) is 0 Å². The fourth-order valence-corrected chi connectivity index (χ4v) is 2.02. The second-order valence-corrected chi connectivity index (χ2v) is 5.38. The number of carbonyl (C=O) groups is 1. The van der Waals surface area contributed by atoms with E-state index in [2.05, 4.69) is 15.5 Å². The third-order valence-electron chi connectivity index (χ3n) is 3.26. The van der Waals surface area contributed by atoms with Crippen molar-refractivity contribution in [3.8, 4) is 11.5 Å². The molecule has 0 aliphatic rings. The fraction of sp³-hybridized carbons (Fsp3) is 0.167. The van der Waals surface area contributed by atoms with Crippen LogP contribution in [0, 0.1) is 6.92 Å². The van der Waals surface area contributed by atoms with Crippen LogP contribution in [0.2, 0.25) is 0 Å². The number of amides is 1. The van der Waals surface area contributed by atoms with Gasteiger partial charge in [-0.3, -0.25) is 4.79 Å². The summed E-state index contributed by atoms with van der Waals surface area (Å²) in [4.78, 5) is 12.0. The third-order valence-corrected chi connectivity index (χ3v) is 3.26. The molecule has 8 heteroatoms. The average molecular weight is 355 g/mol. The Morgan fingerprint density at radius 1 is 1.15 bits per heavy atom. The van der Waals surface area contributed by atoms with Crippen molar-refractivity contribution in [2.45, 2.75) is 6.92 Å². The standard InChI is InChI=1S/C18H21N5O3/c1-12-3-6-14(7-4-12)22-17(24)11-26-15-8-5-13(9-16(15)25-2)10-21-23-18(19)20/h3-10H,11H2,1-2H3,(H,22,24)(H4,19,20,23)/b21-10+. The van der Waals surface area contributed by atoms with Gasteiger partial charge in [0.05, 0.1) is 13.3 Å². The second-order valence-electron chi connectivity index (χ2n) is 5.38. The molecule has 0 heterocycles. The van der Waals surface area contributed by atoms with Gasteiger partial charge in [0, 0.05) is 5.69 Å². The molecule has 0 unspecified atom stereocenters. The van der Waals surface area contributed by atoms with E-state index < -0.39 is 0 Å². The highest BCUT2D eigenvalue weighted by Gasteiger charge is 2.08. The monoisotopic (exact) mass is 355 g/mol. The molecule has 0 radical (unpaired) electrons. The molecule has 8 nitrogen and oxygen atoms in total. The van der Waals surface area contributed by atoms with Gasteiger partial charge in [-0.05, 0) is 42.8 Å². The lowest BCUT2D eigenvalue weighted by Crippen LogP contribution is -2.21. The summed E-state index contributed by atoms with van der Waals surface area (Å²) in [5, 5.41) is 10.0. The Labute approximate surface area is 151 Å². The number of nitrogens with zero attached hydrogens (tertiary/aromatic N) is 2. The van der Waals surface area contributed by atoms with Crippen molar-refractivity contribution in [2.24, 2.45) is 21.7 Å². The minimum atomic E-state index is -0.269. The molecule has 0 aliphatic carbocycles. The van der Waals surface area contributed by atoms with Gasteiger partial charge in [-0.1, -0.05) is 17.7 Å². The number of nitrogens with two attached hydrogens (primary N) is 2. The maximum absolute atomic E-state index is 12.0. The topological polar surface area (TPSA) is 124 Å². The van der Waals surface area contributed by atoms with Crippen molar-refractivity contribution in [1.29, 1.82) is 0 Å². The van der Waals surface area contributed by atoms with Crippen LogP contribution >= 0.6 is 0 Å². The lowest BCUT2D eigenvalue weighted by molar-refractivity contribution is -0.118.